The Morgan fingerprint density at radius 3 is 2.24 bits per heavy atom. The van der Waals surface area contributed by atoms with Crippen molar-refractivity contribution in [3.8, 4) is 5.75 Å². The third-order valence-corrected chi connectivity index (χ3v) is 2.90. The molecule has 2 nitrogen and oxygen atoms in total. The van der Waals surface area contributed by atoms with Crippen LogP contribution in [0.15, 0.2) is 49.6 Å². The van der Waals surface area contributed by atoms with Gasteiger partial charge in [-0.3, -0.25) is 0 Å². The smallest absolute Gasteiger partial charge is 0.118 e. The lowest BCUT2D eigenvalue weighted by Crippen LogP contribution is -2.27. The molecule has 0 radical (unpaired) electrons. The Hall–Kier alpha value is -1.54. The second-order valence-electron chi connectivity index (χ2n) is 4.34. The zero-order valence-corrected chi connectivity index (χ0v) is 10.1. The summed E-state index contributed by atoms with van der Waals surface area (Å²) in [6, 6.07) is 7.21. The Labute approximate surface area is 103 Å². The summed E-state index contributed by atoms with van der Waals surface area (Å²) in [6.07, 6.45) is 5.73. The molecule has 0 unspecified atom stereocenters. The first kappa shape index (κ1) is 13.5. The first-order valence-electron chi connectivity index (χ1n) is 5.82. The summed E-state index contributed by atoms with van der Waals surface area (Å²) in [5.41, 5.74) is 0.0604. The van der Waals surface area contributed by atoms with Crippen LogP contribution in [0.2, 0.25) is 0 Å². The SMILES string of the molecule is C=CCC(O)(CC=C)CCc1ccccc1O. The van der Waals surface area contributed by atoms with E-state index in [1.165, 1.54) is 0 Å². The van der Waals surface area contributed by atoms with Crippen LogP contribution in [0.25, 0.3) is 0 Å². The van der Waals surface area contributed by atoms with Crippen LogP contribution in [0.4, 0.5) is 0 Å². The highest BCUT2D eigenvalue weighted by Crippen LogP contribution is 2.26. The van der Waals surface area contributed by atoms with Gasteiger partial charge in [-0.15, -0.1) is 13.2 Å². The second kappa shape index (κ2) is 6.26. The van der Waals surface area contributed by atoms with Gasteiger partial charge in [0.25, 0.3) is 0 Å². The summed E-state index contributed by atoms with van der Waals surface area (Å²) in [5, 5.41) is 20.0. The average Bonchev–Trinajstić information content (AvgIpc) is 2.29. The molecular weight excluding hydrogens is 212 g/mol. The number of hydrogen-bond acceptors (Lipinski definition) is 2. The van der Waals surface area contributed by atoms with E-state index in [1.807, 2.05) is 12.1 Å². The number of hydrogen-bond donors (Lipinski definition) is 2. The minimum Gasteiger partial charge on any atom is -0.508 e. The molecule has 0 bridgehead atoms. The maximum atomic E-state index is 10.3. The molecule has 1 rings (SSSR count). The fourth-order valence-corrected chi connectivity index (χ4v) is 1.91. The lowest BCUT2D eigenvalue weighted by molar-refractivity contribution is 0.0376. The molecule has 0 atom stereocenters. The van der Waals surface area contributed by atoms with Gasteiger partial charge < -0.3 is 10.2 Å². The van der Waals surface area contributed by atoms with Crippen LogP contribution in [0.5, 0.6) is 5.75 Å². The van der Waals surface area contributed by atoms with E-state index < -0.39 is 5.60 Å². The number of rotatable bonds is 7. The molecule has 0 aliphatic heterocycles. The van der Waals surface area contributed by atoms with E-state index in [2.05, 4.69) is 13.2 Å². The topological polar surface area (TPSA) is 40.5 Å². The first-order chi connectivity index (χ1) is 8.11. The molecule has 0 aliphatic rings. The fraction of sp³-hybridized carbons (Fsp3) is 0.333. The molecule has 0 aromatic heterocycles. The van der Waals surface area contributed by atoms with Crippen molar-refractivity contribution in [2.24, 2.45) is 0 Å². The zero-order chi connectivity index (χ0) is 12.7. The molecule has 0 aliphatic carbocycles. The van der Waals surface area contributed by atoms with Crippen molar-refractivity contribution in [1.29, 1.82) is 0 Å². The van der Waals surface area contributed by atoms with Crippen molar-refractivity contribution in [2.45, 2.75) is 31.3 Å². The van der Waals surface area contributed by atoms with E-state index in [0.717, 1.165) is 5.56 Å². The van der Waals surface area contributed by atoms with Gasteiger partial charge in [0.2, 0.25) is 0 Å². The van der Waals surface area contributed by atoms with E-state index in [0.29, 0.717) is 25.7 Å². The minimum absolute atomic E-state index is 0.284. The number of aryl methyl sites for hydroxylation is 1. The Morgan fingerprint density at radius 2 is 1.71 bits per heavy atom. The van der Waals surface area contributed by atoms with Crippen LogP contribution in [0, 0.1) is 0 Å². The highest BCUT2D eigenvalue weighted by atomic mass is 16.3. The van der Waals surface area contributed by atoms with Crippen LogP contribution in [-0.2, 0) is 6.42 Å². The number of para-hydroxylation sites is 1. The lowest BCUT2D eigenvalue weighted by Gasteiger charge is -2.25. The minimum atomic E-state index is -0.800. The number of phenols is 1. The molecule has 92 valence electrons. The molecule has 0 amide bonds. The van der Waals surface area contributed by atoms with Crippen molar-refractivity contribution in [3.05, 3.63) is 55.1 Å². The summed E-state index contributed by atoms with van der Waals surface area (Å²) >= 11 is 0. The Balaban J connectivity index is 2.66. The van der Waals surface area contributed by atoms with E-state index in [-0.39, 0.29) is 5.75 Å². The van der Waals surface area contributed by atoms with Crippen LogP contribution in [0.3, 0.4) is 0 Å². The second-order valence-corrected chi connectivity index (χ2v) is 4.34. The van der Waals surface area contributed by atoms with Crippen molar-refractivity contribution >= 4 is 0 Å². The number of aliphatic hydroxyl groups is 1. The first-order valence-corrected chi connectivity index (χ1v) is 5.82. The monoisotopic (exact) mass is 232 g/mol. The lowest BCUT2D eigenvalue weighted by atomic mass is 9.88. The molecule has 2 N–H and O–H groups in total. The van der Waals surface area contributed by atoms with Crippen molar-refractivity contribution < 1.29 is 10.2 Å². The van der Waals surface area contributed by atoms with Gasteiger partial charge in [0, 0.05) is 0 Å². The van der Waals surface area contributed by atoms with Gasteiger partial charge in [0.1, 0.15) is 5.75 Å². The third-order valence-electron chi connectivity index (χ3n) is 2.90. The van der Waals surface area contributed by atoms with Gasteiger partial charge in [-0.25, -0.2) is 0 Å². The molecule has 1 aromatic carbocycles. The average molecular weight is 232 g/mol. The van der Waals surface area contributed by atoms with Crippen LogP contribution < -0.4 is 0 Å². The molecule has 0 heterocycles. The molecule has 17 heavy (non-hydrogen) atoms. The van der Waals surface area contributed by atoms with Crippen molar-refractivity contribution in [2.75, 3.05) is 0 Å². The molecule has 0 saturated carbocycles. The fourth-order valence-electron chi connectivity index (χ4n) is 1.91. The molecular formula is C15H20O2. The largest absolute Gasteiger partial charge is 0.508 e. The predicted molar refractivity (Wildman–Crippen MR) is 71.0 cm³/mol. The van der Waals surface area contributed by atoms with E-state index in [4.69, 9.17) is 0 Å². The predicted octanol–water partition coefficient (Wildman–Crippen LogP) is 3.21. The summed E-state index contributed by atoms with van der Waals surface area (Å²) in [4.78, 5) is 0. The normalized spacial score (nSPS) is 11.1. The van der Waals surface area contributed by atoms with Crippen LogP contribution >= 0.6 is 0 Å². The van der Waals surface area contributed by atoms with Gasteiger partial charge in [0.15, 0.2) is 0 Å². The van der Waals surface area contributed by atoms with Gasteiger partial charge in [-0.1, -0.05) is 30.4 Å². The van der Waals surface area contributed by atoms with Gasteiger partial charge in [-0.2, -0.15) is 0 Å². The van der Waals surface area contributed by atoms with Gasteiger partial charge >= 0.3 is 0 Å². The summed E-state index contributed by atoms with van der Waals surface area (Å²) in [6.45, 7) is 7.31. The zero-order valence-electron chi connectivity index (χ0n) is 10.1. The molecule has 0 saturated heterocycles. The Kier molecular flexibility index (Phi) is 4.98. The number of phenolic OH excluding ortho intramolecular Hbond substituents is 1. The summed E-state index contributed by atoms with van der Waals surface area (Å²) < 4.78 is 0. The maximum Gasteiger partial charge on any atom is 0.118 e. The molecule has 0 spiro atoms. The molecule has 0 fully saturated rings. The van der Waals surface area contributed by atoms with Crippen molar-refractivity contribution in [3.63, 3.8) is 0 Å². The van der Waals surface area contributed by atoms with Crippen molar-refractivity contribution in [1.82, 2.24) is 0 Å². The van der Waals surface area contributed by atoms with E-state index >= 15 is 0 Å². The van der Waals surface area contributed by atoms with E-state index in [1.54, 1.807) is 24.3 Å². The van der Waals surface area contributed by atoms with Gasteiger partial charge in [0.05, 0.1) is 5.60 Å². The summed E-state index contributed by atoms with van der Waals surface area (Å²) in [7, 11) is 0. The third kappa shape index (κ3) is 4.08. The molecule has 1 aromatic rings. The van der Waals surface area contributed by atoms with E-state index in [9.17, 15) is 10.2 Å². The Bertz CT molecular complexity index is 372. The van der Waals surface area contributed by atoms with Crippen LogP contribution in [-0.4, -0.2) is 15.8 Å². The Morgan fingerprint density at radius 1 is 1.12 bits per heavy atom. The maximum absolute atomic E-state index is 10.3. The number of aromatic hydroxyl groups is 1. The summed E-state index contributed by atoms with van der Waals surface area (Å²) in [5.74, 6) is 0.284. The van der Waals surface area contributed by atoms with Crippen LogP contribution in [0.1, 0.15) is 24.8 Å². The highest BCUT2D eigenvalue weighted by molar-refractivity contribution is 5.31. The number of benzene rings is 1. The standard InChI is InChI=1S/C15H20O2/c1-3-10-15(17,11-4-2)12-9-13-7-5-6-8-14(13)16/h3-8,16-17H,1-2,9-12H2. The molecule has 2 heteroatoms. The van der Waals surface area contributed by atoms with Gasteiger partial charge in [-0.05, 0) is 37.3 Å². The quantitative estimate of drug-likeness (QED) is 0.709. The highest BCUT2D eigenvalue weighted by Gasteiger charge is 2.23.